The van der Waals surface area contributed by atoms with Crippen molar-refractivity contribution in [3.05, 3.63) is 58.4 Å². The zero-order valence-electron chi connectivity index (χ0n) is 9.99. The van der Waals surface area contributed by atoms with E-state index in [9.17, 15) is 0 Å². The van der Waals surface area contributed by atoms with Crippen LogP contribution >= 0.6 is 0 Å². The molecule has 6 nitrogen and oxygen atoms in total. The second-order valence-corrected chi connectivity index (χ2v) is 3.94. The molecule has 1 heterocycles. The Morgan fingerprint density at radius 1 is 1.00 bits per heavy atom. The molecule has 0 saturated heterocycles. The summed E-state index contributed by atoms with van der Waals surface area (Å²) in [6.45, 7) is 6.90. The Hall–Kier alpha value is -3.56. The van der Waals surface area contributed by atoms with Crippen LogP contribution in [0.15, 0.2) is 29.4 Å². The average Bonchev–Trinajstić information content (AvgIpc) is 2.80. The van der Waals surface area contributed by atoms with Gasteiger partial charge in [0, 0.05) is 11.1 Å². The number of nitriles is 2. The van der Waals surface area contributed by atoms with Crippen LogP contribution < -0.4 is 0 Å². The van der Waals surface area contributed by atoms with Gasteiger partial charge in [-0.2, -0.15) is 17.1 Å². The summed E-state index contributed by atoms with van der Waals surface area (Å²) in [5.41, 5.74) is 2.66. The maximum Gasteiger partial charge on any atom is 0.181 e. The van der Waals surface area contributed by atoms with E-state index in [4.69, 9.17) is 17.1 Å². The molecule has 90 valence electrons. The molecule has 3 rings (SSSR count). The van der Waals surface area contributed by atoms with Gasteiger partial charge in [-0.05, 0) is 0 Å². The number of fused-ring (bicyclic) bond motifs is 3. The lowest BCUT2D eigenvalue weighted by atomic mass is 10.1. The van der Waals surface area contributed by atoms with Crippen molar-refractivity contribution in [2.75, 3.05) is 0 Å². The van der Waals surface area contributed by atoms with E-state index in [-0.39, 0.29) is 11.4 Å². The number of hydrogen-bond acceptors (Lipinski definition) is 5. The third kappa shape index (κ3) is 1.45. The van der Waals surface area contributed by atoms with Gasteiger partial charge >= 0.3 is 0 Å². The van der Waals surface area contributed by atoms with Gasteiger partial charge in [0.05, 0.1) is 5.10 Å². The smallest absolute Gasteiger partial charge is 0.181 e. The lowest BCUT2D eigenvalue weighted by Gasteiger charge is -1.99. The molecule has 2 aromatic rings. The Balaban J connectivity index is 2.41. The van der Waals surface area contributed by atoms with Gasteiger partial charge in [0.15, 0.2) is 17.1 Å². The highest BCUT2D eigenvalue weighted by atomic mass is 15.2. The van der Waals surface area contributed by atoms with Crippen LogP contribution in [0.3, 0.4) is 0 Å². The van der Waals surface area contributed by atoms with Gasteiger partial charge in [-0.15, -0.1) is 4.95 Å². The molecule has 0 N–H and O–H groups in total. The fourth-order valence-electron chi connectivity index (χ4n) is 2.12. The van der Waals surface area contributed by atoms with Crippen molar-refractivity contribution in [2.45, 2.75) is 0 Å². The van der Waals surface area contributed by atoms with Crippen LogP contribution in [0.25, 0.3) is 16.2 Å². The van der Waals surface area contributed by atoms with Crippen molar-refractivity contribution in [1.82, 2.24) is 9.97 Å². The molecule has 6 heteroatoms. The van der Waals surface area contributed by atoms with Gasteiger partial charge in [0.1, 0.15) is 23.5 Å². The van der Waals surface area contributed by atoms with E-state index < -0.39 is 0 Å². The molecule has 20 heavy (non-hydrogen) atoms. The molecule has 1 aromatic carbocycles. The predicted molar refractivity (Wildman–Crippen MR) is 69.1 cm³/mol. The molecule has 0 unspecified atom stereocenters. The first kappa shape index (κ1) is 11.5. The number of aromatic nitrogens is 2. The van der Waals surface area contributed by atoms with Crippen molar-refractivity contribution >= 4 is 5.71 Å². The average molecular weight is 256 g/mol. The normalized spacial score (nSPS) is 12.9. The van der Waals surface area contributed by atoms with Crippen LogP contribution in [0.4, 0.5) is 0 Å². The Bertz CT molecular complexity index is 889. The van der Waals surface area contributed by atoms with E-state index in [0.717, 1.165) is 11.1 Å². The fraction of sp³-hybridized carbons (Fsp3) is 0. The van der Waals surface area contributed by atoms with Crippen molar-refractivity contribution in [2.24, 2.45) is 5.10 Å². The molecule has 1 aliphatic rings. The second-order valence-electron chi connectivity index (χ2n) is 3.94. The van der Waals surface area contributed by atoms with Crippen LogP contribution in [0.2, 0.25) is 0 Å². The molecule has 0 radical (unpaired) electrons. The molecular weight excluding hydrogens is 252 g/mol. The number of nitrogens with zero attached hydrogens (tertiary/aromatic N) is 6. The van der Waals surface area contributed by atoms with E-state index in [0.29, 0.717) is 17.1 Å². The van der Waals surface area contributed by atoms with Crippen LogP contribution in [-0.4, -0.2) is 15.7 Å². The molecule has 1 aromatic heterocycles. The first-order valence-corrected chi connectivity index (χ1v) is 5.57. The SMILES string of the molecule is [C-]#[N+]N=C1c2ccccc2-c2nc(C#N)c(C#N)nc21. The zero-order chi connectivity index (χ0) is 14.1. The van der Waals surface area contributed by atoms with E-state index in [1.165, 1.54) is 0 Å². The Morgan fingerprint density at radius 2 is 1.60 bits per heavy atom. The Kier molecular flexibility index (Phi) is 2.46. The van der Waals surface area contributed by atoms with Crippen molar-refractivity contribution in [3.63, 3.8) is 0 Å². The predicted octanol–water partition coefficient (Wildman–Crippen LogP) is 1.87. The van der Waals surface area contributed by atoms with Gasteiger partial charge in [-0.3, -0.25) is 0 Å². The minimum Gasteiger partial charge on any atom is -0.232 e. The Morgan fingerprint density at radius 3 is 2.20 bits per heavy atom. The topological polar surface area (TPSA) is 90.1 Å². The third-order valence-electron chi connectivity index (χ3n) is 2.92. The summed E-state index contributed by atoms with van der Waals surface area (Å²) in [5, 5.41) is 21.8. The first-order chi connectivity index (χ1) is 9.80. The lowest BCUT2D eigenvalue weighted by molar-refractivity contribution is 1.13. The van der Waals surface area contributed by atoms with Gasteiger partial charge in [-0.1, -0.05) is 24.3 Å². The minimum atomic E-state index is -0.0586. The quantitative estimate of drug-likeness (QED) is 0.453. The summed E-state index contributed by atoms with van der Waals surface area (Å²) in [7, 11) is 0. The van der Waals surface area contributed by atoms with E-state index in [1.54, 1.807) is 6.07 Å². The molecule has 1 aliphatic carbocycles. The van der Waals surface area contributed by atoms with Crippen LogP contribution in [0.1, 0.15) is 22.6 Å². The molecule has 0 atom stereocenters. The lowest BCUT2D eigenvalue weighted by Crippen LogP contribution is -2.04. The highest BCUT2D eigenvalue weighted by molar-refractivity contribution is 6.22. The molecule has 0 saturated carbocycles. The molecule has 0 amide bonds. The summed E-state index contributed by atoms with van der Waals surface area (Å²) in [4.78, 5) is 11.4. The molecule has 0 aliphatic heterocycles. The van der Waals surface area contributed by atoms with E-state index in [1.807, 2.05) is 30.3 Å². The van der Waals surface area contributed by atoms with Crippen LogP contribution in [-0.2, 0) is 0 Å². The van der Waals surface area contributed by atoms with Crippen molar-refractivity contribution in [3.8, 4) is 23.4 Å². The van der Waals surface area contributed by atoms with E-state index in [2.05, 4.69) is 20.0 Å². The summed E-state index contributed by atoms with van der Waals surface area (Å²) < 4.78 is 0. The maximum atomic E-state index is 9.02. The summed E-state index contributed by atoms with van der Waals surface area (Å²) in [6.07, 6.45) is 0. The Labute approximate surface area is 114 Å². The van der Waals surface area contributed by atoms with E-state index >= 15 is 0 Å². The molecule has 0 spiro atoms. The van der Waals surface area contributed by atoms with Gasteiger partial charge < -0.3 is 0 Å². The monoisotopic (exact) mass is 256 g/mol. The summed E-state index contributed by atoms with van der Waals surface area (Å²) in [5.74, 6) is 0. The van der Waals surface area contributed by atoms with Gasteiger partial charge in [0.2, 0.25) is 0 Å². The summed E-state index contributed by atoms with van der Waals surface area (Å²) >= 11 is 0. The molecule has 0 fully saturated rings. The van der Waals surface area contributed by atoms with Gasteiger partial charge in [0.25, 0.3) is 0 Å². The number of hydrogen-bond donors (Lipinski definition) is 0. The molecule has 0 bridgehead atoms. The minimum absolute atomic E-state index is 0.0230. The van der Waals surface area contributed by atoms with Crippen LogP contribution in [0.5, 0.6) is 0 Å². The van der Waals surface area contributed by atoms with Crippen molar-refractivity contribution < 1.29 is 0 Å². The van der Waals surface area contributed by atoms with Gasteiger partial charge in [-0.25, -0.2) is 9.97 Å². The highest BCUT2D eigenvalue weighted by Crippen LogP contribution is 2.34. The standard InChI is InChI=1S/C14H4N6/c1-17-20-13-9-5-3-2-4-8(9)12-14(13)19-11(7-16)10(6-15)18-12/h2-5H. The number of benzene rings is 1. The second kappa shape index (κ2) is 4.28. The van der Waals surface area contributed by atoms with Crippen LogP contribution in [0, 0.1) is 29.2 Å². The third-order valence-corrected chi connectivity index (χ3v) is 2.92. The number of rotatable bonds is 0. The fourth-order valence-corrected chi connectivity index (χ4v) is 2.12. The van der Waals surface area contributed by atoms with Crippen molar-refractivity contribution in [1.29, 1.82) is 10.5 Å². The largest absolute Gasteiger partial charge is 0.232 e. The first-order valence-electron chi connectivity index (χ1n) is 5.57. The molecular formula is C14H4N6. The maximum absolute atomic E-state index is 9.02. The summed E-state index contributed by atoms with van der Waals surface area (Å²) in [6, 6.07) is 11.0. The highest BCUT2D eigenvalue weighted by Gasteiger charge is 2.31. The zero-order valence-corrected chi connectivity index (χ0v) is 9.99.